The highest BCUT2D eigenvalue weighted by Crippen LogP contribution is 2.36. The fraction of sp³-hybridized carbons (Fsp3) is 0.414. The maximum atomic E-state index is 12.4. The third kappa shape index (κ3) is 4.38. The van der Waals surface area contributed by atoms with Crippen LogP contribution in [0.4, 0.5) is 0 Å². The van der Waals surface area contributed by atoms with E-state index in [-0.39, 0.29) is 18.8 Å². The predicted octanol–water partition coefficient (Wildman–Crippen LogP) is 2.61. The lowest BCUT2D eigenvalue weighted by Crippen LogP contribution is -2.49. The number of carbonyl (C=O) groups is 1. The number of aromatic nitrogens is 4. The van der Waals surface area contributed by atoms with Gasteiger partial charge in [0.2, 0.25) is 0 Å². The van der Waals surface area contributed by atoms with Gasteiger partial charge in [0, 0.05) is 31.4 Å². The first kappa shape index (κ1) is 26.2. The topological polar surface area (TPSA) is 102 Å². The van der Waals surface area contributed by atoms with Crippen molar-refractivity contribution >= 4 is 37.6 Å². The summed E-state index contributed by atoms with van der Waals surface area (Å²) in [5, 5.41) is 25.3. The number of thioether (sulfide) groups is 1. The highest BCUT2D eigenvalue weighted by Gasteiger charge is 2.47. The highest BCUT2D eigenvalue weighted by molar-refractivity contribution is 8.00. The molecular weight excluding hydrogens is 528 g/mol. The summed E-state index contributed by atoms with van der Waals surface area (Å²) >= 11 is 1.85. The van der Waals surface area contributed by atoms with E-state index in [1.807, 2.05) is 31.2 Å². The van der Waals surface area contributed by atoms with Crippen molar-refractivity contribution in [3.63, 3.8) is 0 Å². The zero-order valence-electron chi connectivity index (χ0n) is 22.8. The summed E-state index contributed by atoms with van der Waals surface area (Å²) in [6.45, 7) is 7.22. The minimum absolute atomic E-state index is 0.0379. The Labute approximate surface area is 232 Å². The average Bonchev–Trinajstić information content (AvgIpc) is 3.49. The van der Waals surface area contributed by atoms with Gasteiger partial charge in [0.25, 0.3) is 0 Å². The van der Waals surface area contributed by atoms with Crippen molar-refractivity contribution in [2.45, 2.75) is 62.6 Å². The number of ether oxygens (including phenoxy) is 1. The Bertz CT molecular complexity index is 1650. The summed E-state index contributed by atoms with van der Waals surface area (Å²) in [4.78, 5) is 21.7. The normalized spacial score (nSPS) is 20.1. The minimum Gasteiger partial charge on any atom is -0.505 e. The van der Waals surface area contributed by atoms with Crippen molar-refractivity contribution in [3.05, 3.63) is 75.0 Å². The summed E-state index contributed by atoms with van der Waals surface area (Å²) < 4.78 is 9.43. The zero-order valence-corrected chi connectivity index (χ0v) is 24.6. The quantitative estimate of drug-likeness (QED) is 0.203. The van der Waals surface area contributed by atoms with Crippen molar-refractivity contribution in [2.75, 3.05) is 12.0 Å². The lowest BCUT2D eigenvalue weighted by molar-refractivity contribution is -0.163. The number of cyclic esters (lactones) is 1. The zero-order chi connectivity index (χ0) is 27.5. The van der Waals surface area contributed by atoms with Gasteiger partial charge in [0.05, 0.1) is 20.3 Å². The smallest absolute Gasteiger partial charge is 0.342 e. The molecule has 2 aliphatic heterocycles. The number of aliphatic hydroxyl groups excluding tert-OH is 1. The molecule has 3 aromatic rings. The van der Waals surface area contributed by atoms with Crippen LogP contribution in [0.1, 0.15) is 35.7 Å². The van der Waals surface area contributed by atoms with Crippen molar-refractivity contribution < 1.29 is 19.7 Å². The first-order valence-electron chi connectivity index (χ1n) is 13.4. The van der Waals surface area contributed by atoms with Gasteiger partial charge in [0.1, 0.15) is 23.2 Å². The SMILES string of the molecule is CC[C@@]1(O)C(=O)OCC2=C1Cc1nc3n(c1=C2O)Cc1c(cccc1CC[Si](C)(C)CSc1nccn1C)C=3. The van der Waals surface area contributed by atoms with Gasteiger partial charge in [-0.25, -0.2) is 14.8 Å². The van der Waals surface area contributed by atoms with E-state index in [4.69, 9.17) is 9.72 Å². The lowest BCUT2D eigenvalue weighted by Gasteiger charge is -2.35. The van der Waals surface area contributed by atoms with E-state index < -0.39 is 19.6 Å². The molecule has 2 N–H and O–H groups in total. The van der Waals surface area contributed by atoms with Crippen LogP contribution in [0.5, 0.6) is 0 Å². The van der Waals surface area contributed by atoms with E-state index in [2.05, 4.69) is 51.5 Å². The van der Waals surface area contributed by atoms with Crippen LogP contribution in [0.2, 0.25) is 19.1 Å². The van der Waals surface area contributed by atoms with E-state index in [0.717, 1.165) is 28.0 Å². The molecule has 0 saturated carbocycles. The van der Waals surface area contributed by atoms with Gasteiger partial charge in [0.15, 0.2) is 10.8 Å². The van der Waals surface area contributed by atoms with E-state index in [9.17, 15) is 15.0 Å². The molecule has 0 spiro atoms. The summed E-state index contributed by atoms with van der Waals surface area (Å²) in [6, 6.07) is 7.65. The molecule has 0 amide bonds. The second-order valence-electron chi connectivity index (χ2n) is 11.5. The fourth-order valence-corrected chi connectivity index (χ4v) is 9.84. The second-order valence-corrected chi connectivity index (χ2v) is 18.2. The third-order valence-corrected chi connectivity index (χ3v) is 14.3. The molecule has 0 unspecified atom stereocenters. The molecule has 0 radical (unpaired) electrons. The van der Waals surface area contributed by atoms with Gasteiger partial charge >= 0.3 is 5.97 Å². The number of carbonyl (C=O) groups excluding carboxylic acids is 1. The van der Waals surface area contributed by atoms with Gasteiger partial charge in [-0.1, -0.05) is 56.0 Å². The largest absolute Gasteiger partial charge is 0.505 e. The number of rotatable bonds is 7. The Balaban J connectivity index is 1.29. The van der Waals surface area contributed by atoms with Crippen LogP contribution in [0.15, 0.2) is 46.9 Å². The first-order chi connectivity index (χ1) is 18.6. The van der Waals surface area contributed by atoms with Crippen LogP contribution < -0.4 is 10.8 Å². The van der Waals surface area contributed by atoms with Crippen molar-refractivity contribution in [1.82, 2.24) is 19.1 Å². The number of hydrogen-bond donors (Lipinski definition) is 2. The second kappa shape index (κ2) is 9.53. The number of aliphatic hydroxyl groups is 2. The monoisotopic (exact) mass is 562 g/mol. The molecule has 39 heavy (non-hydrogen) atoms. The van der Waals surface area contributed by atoms with Gasteiger partial charge in [-0.2, -0.15) is 0 Å². The van der Waals surface area contributed by atoms with E-state index in [1.165, 1.54) is 17.2 Å². The van der Waals surface area contributed by atoms with Gasteiger partial charge in [-0.3, -0.25) is 0 Å². The van der Waals surface area contributed by atoms with Gasteiger partial charge in [-0.05, 0) is 46.6 Å². The first-order valence-corrected chi connectivity index (χ1v) is 17.8. The molecule has 1 aliphatic carbocycles. The van der Waals surface area contributed by atoms with Crippen LogP contribution in [-0.2, 0) is 36.0 Å². The molecule has 8 nitrogen and oxygen atoms in total. The highest BCUT2D eigenvalue weighted by atomic mass is 32.2. The third-order valence-electron chi connectivity index (χ3n) is 8.33. The molecule has 10 heteroatoms. The Kier molecular flexibility index (Phi) is 6.39. The maximum absolute atomic E-state index is 12.4. The number of hydrogen-bond acceptors (Lipinski definition) is 7. The van der Waals surface area contributed by atoms with E-state index >= 15 is 0 Å². The number of esters is 1. The number of aryl methyl sites for hydroxylation is 2. The van der Waals surface area contributed by atoms with Gasteiger partial charge < -0.3 is 24.1 Å². The van der Waals surface area contributed by atoms with Crippen LogP contribution in [-0.4, -0.2) is 60.9 Å². The van der Waals surface area contributed by atoms with Crippen LogP contribution in [0.3, 0.4) is 0 Å². The average molecular weight is 563 g/mol. The van der Waals surface area contributed by atoms with Crippen LogP contribution >= 0.6 is 11.8 Å². The molecule has 3 aliphatic rings. The fourth-order valence-electron chi connectivity index (χ4n) is 5.84. The maximum Gasteiger partial charge on any atom is 0.342 e. The number of nitrogens with zero attached hydrogens (tertiary/aromatic N) is 4. The molecular formula is C29H34N4O4SSi. The Morgan fingerprint density at radius 3 is 2.85 bits per heavy atom. The Hall–Kier alpha value is -3.08. The number of benzene rings is 1. The molecule has 0 bridgehead atoms. The molecule has 1 aromatic carbocycles. The Morgan fingerprint density at radius 2 is 2.10 bits per heavy atom. The van der Waals surface area contributed by atoms with Crippen molar-refractivity contribution in [3.8, 4) is 0 Å². The minimum atomic E-state index is -1.73. The summed E-state index contributed by atoms with van der Waals surface area (Å²) in [6.07, 6.45) is 7.43. The Morgan fingerprint density at radius 1 is 1.28 bits per heavy atom. The molecule has 0 fully saturated rings. The standard InChI is InChI=1S/C29H34N4O4SSi/c1-5-29(36)22-14-23-25(26(34)21(22)16-37-27(29)35)33-15-20-18(7-6-8-19(20)13-24(33)31-23)9-12-39(3,4)17-38-28-30-10-11-32(28)2/h6-8,10-11,13,34,36H,5,9,12,14-17H2,1-4H3/t29-/m0/s1. The van der Waals surface area contributed by atoms with Gasteiger partial charge in [-0.15, -0.1) is 0 Å². The number of imidazole rings is 2. The molecule has 2 aromatic heterocycles. The molecule has 4 heterocycles. The summed E-state index contributed by atoms with van der Waals surface area (Å²) in [7, 11) is 0.558. The summed E-state index contributed by atoms with van der Waals surface area (Å²) in [5.41, 5.74) is 4.51. The molecule has 1 atom stereocenters. The molecule has 0 saturated heterocycles. The van der Waals surface area contributed by atoms with E-state index in [0.29, 0.717) is 35.2 Å². The van der Waals surface area contributed by atoms with Crippen molar-refractivity contribution in [1.29, 1.82) is 0 Å². The van der Waals surface area contributed by atoms with E-state index in [1.54, 1.807) is 6.92 Å². The lowest BCUT2D eigenvalue weighted by atomic mass is 9.80. The molecule has 204 valence electrons. The molecule has 6 rings (SSSR count). The van der Waals surface area contributed by atoms with Crippen LogP contribution in [0, 0.1) is 0 Å². The van der Waals surface area contributed by atoms with Crippen LogP contribution in [0.25, 0.3) is 11.8 Å². The number of fused-ring (bicyclic) bond motifs is 4. The van der Waals surface area contributed by atoms with Crippen molar-refractivity contribution in [2.24, 2.45) is 7.05 Å². The summed E-state index contributed by atoms with van der Waals surface area (Å²) in [5.74, 6) is -0.601. The predicted molar refractivity (Wildman–Crippen MR) is 153 cm³/mol.